The van der Waals surface area contributed by atoms with Gasteiger partial charge in [0.1, 0.15) is 0 Å². The summed E-state index contributed by atoms with van der Waals surface area (Å²) in [7, 11) is 4.15. The molecule has 2 aliphatic rings. The van der Waals surface area contributed by atoms with Crippen LogP contribution in [0.15, 0.2) is 223 Å². The molecule has 2 saturated heterocycles. The van der Waals surface area contributed by atoms with E-state index in [9.17, 15) is 5.11 Å². The minimum Gasteiger partial charge on any atom is -0.490 e. The van der Waals surface area contributed by atoms with E-state index in [1.807, 2.05) is 222 Å². The average molecular weight is 1910 g/mol. The normalized spacial score (nSPS) is 12.3. The van der Waals surface area contributed by atoms with E-state index in [-0.39, 0.29) is 13.2 Å². The highest BCUT2D eigenvalue weighted by Gasteiger charge is 2.24. The minimum atomic E-state index is -0.0268. The number of aromatic nitrogens is 10. The fourth-order valence-electron chi connectivity index (χ4n) is 15.8. The van der Waals surface area contributed by atoms with Gasteiger partial charge in [-0.1, -0.05) is 135 Å². The molecule has 0 bridgehead atoms. The maximum atomic E-state index is 9.43. The van der Waals surface area contributed by atoms with E-state index in [2.05, 4.69) is 141 Å². The minimum absolute atomic E-state index is 0.0268. The van der Waals surface area contributed by atoms with Crippen LogP contribution in [0.3, 0.4) is 0 Å². The van der Waals surface area contributed by atoms with Crippen LogP contribution in [0, 0.1) is 13.8 Å². The first-order chi connectivity index (χ1) is 68.5. The van der Waals surface area contributed by atoms with Crippen molar-refractivity contribution < 1.29 is 80.2 Å². The summed E-state index contributed by atoms with van der Waals surface area (Å²) in [5.41, 5.74) is 16.5. The highest BCUT2D eigenvalue weighted by molar-refractivity contribution is 5.70. The number of aliphatic hydroxyl groups excluding tert-OH is 2. The number of aliphatic hydroxyl groups is 2. The lowest BCUT2D eigenvalue weighted by molar-refractivity contribution is 0.281. The van der Waals surface area contributed by atoms with Gasteiger partial charge in [0.2, 0.25) is 29.1 Å². The van der Waals surface area contributed by atoms with Gasteiger partial charge in [-0.05, 0) is 298 Å². The second-order valence-electron chi connectivity index (χ2n) is 33.0. The first-order valence-corrected chi connectivity index (χ1v) is 48.4. The van der Waals surface area contributed by atoms with Crippen LogP contribution in [-0.4, -0.2) is 202 Å². The number of ether oxygens (including phenoxy) is 10. The van der Waals surface area contributed by atoms with Gasteiger partial charge in [0.05, 0.1) is 72.7 Å². The van der Waals surface area contributed by atoms with Crippen LogP contribution in [0.1, 0.15) is 134 Å². The third kappa shape index (κ3) is 28.3. The van der Waals surface area contributed by atoms with Crippen molar-refractivity contribution in [3.63, 3.8) is 0 Å². The number of nitrogens with zero attached hydrogens (tertiary/aromatic N) is 13. The van der Waals surface area contributed by atoms with Gasteiger partial charge in [-0.3, -0.25) is 4.90 Å². The van der Waals surface area contributed by atoms with Crippen LogP contribution >= 0.6 is 0 Å². The molecule has 0 unspecified atom stereocenters. The summed E-state index contributed by atoms with van der Waals surface area (Å²) in [6.07, 6.45) is 7.96. The van der Waals surface area contributed by atoms with Crippen molar-refractivity contribution in [1.29, 1.82) is 0 Å². The molecule has 0 atom stereocenters. The molecule has 0 saturated carbocycles. The van der Waals surface area contributed by atoms with Crippen LogP contribution in [0.4, 0.5) is 0 Å². The predicted molar refractivity (Wildman–Crippen MR) is 540 cm³/mol. The molecule has 10 aromatic carbocycles. The van der Waals surface area contributed by atoms with Crippen molar-refractivity contribution in [2.45, 2.75) is 141 Å². The lowest BCUT2D eigenvalue weighted by Crippen LogP contribution is -2.21. The molecule has 15 aromatic rings. The molecule has 736 valence electrons. The third-order valence-corrected chi connectivity index (χ3v) is 23.0. The molecule has 140 heavy (non-hydrogen) atoms. The molecule has 0 amide bonds. The summed E-state index contributed by atoms with van der Waals surface area (Å²) in [5, 5.41) is 39.1. The Morgan fingerprint density at radius 3 is 0.857 bits per heavy atom. The number of hydrogen-bond acceptors (Lipinski definition) is 30. The summed E-state index contributed by atoms with van der Waals surface area (Å²) >= 11 is 0. The number of hydrogen-bond donors (Lipinski definition) is 2. The number of rotatable bonds is 41. The van der Waals surface area contributed by atoms with E-state index in [1.165, 1.54) is 74.1 Å². The molecule has 2 N–H and O–H groups in total. The summed E-state index contributed by atoms with van der Waals surface area (Å²) in [6, 6.07) is 64.6. The molecular weight excluding hydrogens is 1780 g/mol. The number of likely N-dealkylation sites (N-methyl/N-ethyl adjacent to an activating group) is 1. The van der Waals surface area contributed by atoms with Crippen LogP contribution in [0.25, 0.3) is 114 Å². The van der Waals surface area contributed by atoms with E-state index in [0.717, 1.165) is 105 Å². The maximum Gasteiger partial charge on any atom is 0.258 e. The van der Waals surface area contributed by atoms with Gasteiger partial charge in [-0.15, -0.1) is 0 Å². The van der Waals surface area contributed by atoms with Gasteiger partial charge < -0.3 is 90.0 Å². The van der Waals surface area contributed by atoms with Crippen molar-refractivity contribution in [3.05, 3.63) is 239 Å². The number of likely N-dealkylation sites (tertiary alicyclic amines) is 2. The SMILES string of the molecule is CCOc1ccc(-c2nc(-c3ccc(CCN(C)C)cc3)no2)cc1OCC.CCOc1ccc(-c2nc(-c3ccc(CCN4CCCC4)cc3)no2)cc1OCC.CCOc1ccc(-c2nc(-c3ccc(CCO)cc3)no2)cc1OCC.CCOc1ccc(-c2nc(-c3cccc(CN4CCCC4)c3C)no2)cc1OCC.CCOc1ccc(-c2nc(-c3cccc(CO)c3C)no2)cc1OCC. The zero-order valence-electron chi connectivity index (χ0n) is 82.8. The molecule has 0 radical (unpaired) electrons. The van der Waals surface area contributed by atoms with Gasteiger partial charge in [-0.25, -0.2) is 0 Å². The van der Waals surface area contributed by atoms with E-state index in [0.29, 0.717) is 189 Å². The van der Waals surface area contributed by atoms with E-state index < -0.39 is 0 Å². The Kier molecular flexibility index (Phi) is 39.0. The molecular formula is C110H129N13O17. The standard InChI is InChI=1S/2C24H29N3O3.C22H27N3O3.2C20H22N2O4/c1-4-28-21-12-11-18(15-22(21)29-5-2)24-25-23(26-30-24)20-10-8-9-19(17(20)3)16-27-13-6-7-14-27;1-3-28-21-12-11-20(17-22(21)29-4-2)24-25-23(26-30-24)19-9-7-18(8-10-19)13-16-27-14-5-6-15-27;1-5-26-19-12-11-18(15-20(19)27-6-2)22-23-21(24-28-22)17-9-7-16(8-10-17)13-14-25(3)4;1-4-24-17-10-9-14(11-18(17)25-5-2)20-21-19(22-26-20)16-8-6-7-15(12-23)13(16)3;1-3-24-17-10-9-16(13-18(17)25-4-2)20-21-19(22-26-20)15-7-5-14(6-8-15)11-12-23/h8-12,15H,4-7,13-14,16H2,1-3H3;7-12,17H,3-6,13-16H2,1-2H3;7-12,15H,5-6,13-14H2,1-4H3;6-11,23H,4-5,12H2,1-3H3;5-10,13,23H,3-4,11-12H2,1-2H3. The van der Waals surface area contributed by atoms with Crippen molar-refractivity contribution >= 4 is 0 Å². The fourth-order valence-corrected chi connectivity index (χ4v) is 15.8. The van der Waals surface area contributed by atoms with E-state index >= 15 is 0 Å². The monoisotopic (exact) mass is 1900 g/mol. The largest absolute Gasteiger partial charge is 0.490 e. The quantitative estimate of drug-likeness (QED) is 0.0359. The molecule has 0 spiro atoms. The molecule has 5 aromatic heterocycles. The Balaban J connectivity index is 0.000000148. The average Bonchev–Trinajstić information content (AvgIpc) is 1.68. The highest BCUT2D eigenvalue weighted by Crippen LogP contribution is 2.41. The summed E-state index contributed by atoms with van der Waals surface area (Å²) in [6.45, 7) is 37.1. The summed E-state index contributed by atoms with van der Waals surface area (Å²) in [5.74, 6) is 11.8. The molecule has 2 fully saturated rings. The summed E-state index contributed by atoms with van der Waals surface area (Å²) < 4.78 is 83.9. The highest BCUT2D eigenvalue weighted by atomic mass is 16.5. The van der Waals surface area contributed by atoms with Gasteiger partial charge in [0, 0.05) is 81.9 Å². The second-order valence-corrected chi connectivity index (χ2v) is 33.0. The van der Waals surface area contributed by atoms with Gasteiger partial charge in [0.25, 0.3) is 29.5 Å². The number of benzene rings is 10. The van der Waals surface area contributed by atoms with Crippen molar-refractivity contribution in [1.82, 2.24) is 65.4 Å². The Hall–Kier alpha value is -14.3. The molecule has 2 aliphatic heterocycles. The van der Waals surface area contributed by atoms with Crippen LogP contribution < -0.4 is 47.4 Å². The van der Waals surface area contributed by atoms with Crippen LogP contribution in [-0.2, 0) is 32.4 Å². The Bertz CT molecular complexity index is 6320. The lowest BCUT2D eigenvalue weighted by Gasteiger charge is -2.17. The zero-order valence-corrected chi connectivity index (χ0v) is 82.8. The Labute approximate surface area is 819 Å². The third-order valence-electron chi connectivity index (χ3n) is 23.0. The van der Waals surface area contributed by atoms with Gasteiger partial charge >= 0.3 is 0 Å². The maximum absolute atomic E-state index is 9.43. The molecule has 30 heteroatoms. The first-order valence-electron chi connectivity index (χ1n) is 48.4. The van der Waals surface area contributed by atoms with Crippen molar-refractivity contribution in [2.75, 3.05) is 126 Å². The second kappa shape index (κ2) is 53.0. The van der Waals surface area contributed by atoms with E-state index in [4.69, 9.17) is 75.1 Å². The van der Waals surface area contributed by atoms with Gasteiger partial charge in [0.15, 0.2) is 57.5 Å². The van der Waals surface area contributed by atoms with Crippen molar-refractivity contribution in [3.8, 4) is 172 Å². The Morgan fingerprint density at radius 1 is 0.293 bits per heavy atom. The molecule has 7 heterocycles. The predicted octanol–water partition coefficient (Wildman–Crippen LogP) is 22.0. The zero-order chi connectivity index (χ0) is 98.5. The smallest absolute Gasteiger partial charge is 0.258 e. The molecule has 30 nitrogen and oxygen atoms in total. The van der Waals surface area contributed by atoms with Crippen molar-refractivity contribution in [2.24, 2.45) is 0 Å². The van der Waals surface area contributed by atoms with Crippen LogP contribution in [0.2, 0.25) is 0 Å². The van der Waals surface area contributed by atoms with Crippen LogP contribution in [0.5, 0.6) is 57.5 Å². The fraction of sp³-hybridized carbons (Fsp3) is 0.364. The molecule has 0 aliphatic carbocycles. The lowest BCUT2D eigenvalue weighted by atomic mass is 10.0. The topological polar surface area (TPSA) is 337 Å². The van der Waals surface area contributed by atoms with E-state index in [1.54, 1.807) is 0 Å². The summed E-state index contributed by atoms with van der Waals surface area (Å²) in [4.78, 5) is 30.0. The first kappa shape index (κ1) is 103. The Morgan fingerprint density at radius 2 is 0.557 bits per heavy atom. The van der Waals surface area contributed by atoms with Gasteiger partial charge in [-0.2, -0.15) is 24.9 Å². The molecule has 17 rings (SSSR count).